The molecule has 0 aliphatic carbocycles. The maximum Gasteiger partial charge on any atom is 0.322 e. The summed E-state index contributed by atoms with van der Waals surface area (Å²) in [6.07, 6.45) is 2.57. The molecule has 3 amide bonds. The second-order valence-corrected chi connectivity index (χ2v) is 8.04. The second kappa shape index (κ2) is 13.1. The number of benzene rings is 1. The van der Waals surface area contributed by atoms with E-state index in [0.29, 0.717) is 45.0 Å². The Hall–Kier alpha value is -2.36. The first kappa shape index (κ1) is 24.9. The van der Waals surface area contributed by atoms with Crippen LogP contribution in [0.15, 0.2) is 47.1 Å². The third kappa shape index (κ3) is 8.35. The number of hydrogen-bond acceptors (Lipinski definition) is 4. The van der Waals surface area contributed by atoms with Crippen LogP contribution >= 0.6 is 15.9 Å². The van der Waals surface area contributed by atoms with Crippen molar-refractivity contribution in [3.05, 3.63) is 52.8 Å². The minimum Gasteiger partial charge on any atom is -0.385 e. The van der Waals surface area contributed by atoms with E-state index in [4.69, 9.17) is 9.47 Å². The largest absolute Gasteiger partial charge is 0.385 e. The number of rotatable bonds is 12. The highest BCUT2D eigenvalue weighted by molar-refractivity contribution is 9.10. The van der Waals surface area contributed by atoms with Gasteiger partial charge in [-0.2, -0.15) is 0 Å². The van der Waals surface area contributed by atoms with Gasteiger partial charge in [-0.15, -0.1) is 0 Å². The monoisotopic (exact) mass is 494 g/mol. The highest BCUT2D eigenvalue weighted by Gasteiger charge is 2.22. The van der Waals surface area contributed by atoms with Crippen molar-refractivity contribution in [3.8, 4) is 0 Å². The molecule has 2 rings (SSSR count). The molecule has 0 bridgehead atoms. The zero-order chi connectivity index (χ0) is 22.6. The first-order valence-corrected chi connectivity index (χ1v) is 10.9. The van der Waals surface area contributed by atoms with Gasteiger partial charge in [0.05, 0.1) is 13.2 Å². The summed E-state index contributed by atoms with van der Waals surface area (Å²) in [6, 6.07) is 10.9. The lowest BCUT2D eigenvalue weighted by atomic mass is 10.3. The van der Waals surface area contributed by atoms with E-state index in [1.807, 2.05) is 42.1 Å². The highest BCUT2D eigenvalue weighted by Crippen LogP contribution is 2.15. The van der Waals surface area contributed by atoms with E-state index in [1.54, 1.807) is 31.3 Å². The van der Waals surface area contributed by atoms with Gasteiger partial charge in [0.25, 0.3) is 0 Å². The number of aromatic nitrogens is 1. The van der Waals surface area contributed by atoms with Crippen LogP contribution in [0.1, 0.15) is 12.1 Å². The molecule has 0 aliphatic heterocycles. The number of hydrogen-bond donors (Lipinski definition) is 1. The lowest BCUT2D eigenvalue weighted by molar-refractivity contribution is -0.133. The quantitative estimate of drug-likeness (QED) is 0.459. The summed E-state index contributed by atoms with van der Waals surface area (Å²) < 4.78 is 13.2. The topological polar surface area (TPSA) is 76.0 Å². The molecule has 1 aromatic heterocycles. The number of carbonyl (C=O) groups is 2. The molecular formula is C22H31BrN4O4. The third-order valence-corrected chi connectivity index (χ3v) is 5.34. The molecule has 0 spiro atoms. The molecule has 0 radical (unpaired) electrons. The average molecular weight is 495 g/mol. The van der Waals surface area contributed by atoms with Gasteiger partial charge in [0, 0.05) is 63.0 Å². The van der Waals surface area contributed by atoms with Crippen LogP contribution in [0.5, 0.6) is 0 Å². The summed E-state index contributed by atoms with van der Waals surface area (Å²) in [6.45, 7) is 2.20. The number of halogens is 1. The Bertz CT molecular complexity index is 825. The number of aryl methyl sites for hydroxylation is 1. The highest BCUT2D eigenvalue weighted by atomic mass is 79.9. The number of nitrogens with one attached hydrogen (secondary N) is 1. The third-order valence-electron chi connectivity index (χ3n) is 4.81. The average Bonchev–Trinajstić information content (AvgIpc) is 3.16. The van der Waals surface area contributed by atoms with Crippen molar-refractivity contribution in [2.45, 2.75) is 13.0 Å². The maximum absolute atomic E-state index is 13.1. The van der Waals surface area contributed by atoms with Crippen molar-refractivity contribution in [1.29, 1.82) is 0 Å². The van der Waals surface area contributed by atoms with Crippen LogP contribution in [-0.2, 0) is 27.9 Å². The van der Waals surface area contributed by atoms with Gasteiger partial charge in [-0.25, -0.2) is 4.79 Å². The van der Waals surface area contributed by atoms with E-state index in [-0.39, 0.29) is 18.5 Å². The van der Waals surface area contributed by atoms with E-state index < -0.39 is 0 Å². The van der Waals surface area contributed by atoms with Crippen LogP contribution in [0.3, 0.4) is 0 Å². The molecule has 31 heavy (non-hydrogen) atoms. The Morgan fingerprint density at radius 2 is 1.74 bits per heavy atom. The van der Waals surface area contributed by atoms with Crippen molar-refractivity contribution < 1.29 is 19.1 Å². The van der Waals surface area contributed by atoms with Crippen LogP contribution in [0.25, 0.3) is 0 Å². The van der Waals surface area contributed by atoms with Crippen molar-refractivity contribution >= 4 is 33.6 Å². The predicted molar refractivity (Wildman–Crippen MR) is 124 cm³/mol. The van der Waals surface area contributed by atoms with E-state index in [1.165, 1.54) is 4.90 Å². The summed E-state index contributed by atoms with van der Waals surface area (Å²) in [5.74, 6) is -0.137. The summed E-state index contributed by atoms with van der Waals surface area (Å²) in [7, 11) is 5.16. The Kier molecular flexibility index (Phi) is 10.6. The molecule has 1 N–H and O–H groups in total. The molecule has 9 heteroatoms. The van der Waals surface area contributed by atoms with Crippen LogP contribution < -0.4 is 5.32 Å². The zero-order valence-electron chi connectivity index (χ0n) is 18.3. The zero-order valence-corrected chi connectivity index (χ0v) is 19.9. The van der Waals surface area contributed by atoms with E-state index in [2.05, 4.69) is 21.2 Å². The fraction of sp³-hybridized carbons (Fsp3) is 0.455. The van der Waals surface area contributed by atoms with E-state index >= 15 is 0 Å². The molecule has 1 aromatic carbocycles. The van der Waals surface area contributed by atoms with Crippen molar-refractivity contribution in [1.82, 2.24) is 14.4 Å². The molecule has 0 fully saturated rings. The number of anilines is 1. The number of urea groups is 1. The van der Waals surface area contributed by atoms with Gasteiger partial charge in [0.1, 0.15) is 6.54 Å². The van der Waals surface area contributed by atoms with Crippen LogP contribution in [0.4, 0.5) is 10.5 Å². The second-order valence-electron chi connectivity index (χ2n) is 7.12. The van der Waals surface area contributed by atoms with Gasteiger partial charge >= 0.3 is 6.03 Å². The number of ether oxygens (including phenoxy) is 2. The van der Waals surface area contributed by atoms with E-state index in [9.17, 15) is 9.59 Å². The van der Waals surface area contributed by atoms with Gasteiger partial charge in [0.2, 0.25) is 5.91 Å². The minimum absolute atomic E-state index is 0.0276. The van der Waals surface area contributed by atoms with Crippen molar-refractivity contribution in [2.24, 2.45) is 7.05 Å². The van der Waals surface area contributed by atoms with Gasteiger partial charge in [0.15, 0.2) is 0 Å². The normalized spacial score (nSPS) is 10.7. The van der Waals surface area contributed by atoms with Crippen molar-refractivity contribution in [2.75, 3.05) is 52.4 Å². The number of carbonyl (C=O) groups excluding carboxylic acids is 2. The van der Waals surface area contributed by atoms with Crippen molar-refractivity contribution in [3.63, 3.8) is 0 Å². The first-order valence-electron chi connectivity index (χ1n) is 10.1. The molecule has 0 atom stereocenters. The summed E-state index contributed by atoms with van der Waals surface area (Å²) in [5, 5.41) is 2.86. The molecular weight excluding hydrogens is 464 g/mol. The van der Waals surface area contributed by atoms with Gasteiger partial charge in [-0.3, -0.25) is 4.79 Å². The number of amides is 3. The minimum atomic E-state index is -0.322. The number of nitrogens with zero attached hydrogens (tertiary/aromatic N) is 3. The summed E-state index contributed by atoms with van der Waals surface area (Å²) >= 11 is 3.38. The van der Waals surface area contributed by atoms with Gasteiger partial charge in [-0.1, -0.05) is 15.9 Å². The molecule has 0 aliphatic rings. The van der Waals surface area contributed by atoms with E-state index in [0.717, 1.165) is 10.2 Å². The smallest absolute Gasteiger partial charge is 0.322 e. The maximum atomic E-state index is 13.1. The van der Waals surface area contributed by atoms with Crippen LogP contribution in [-0.4, -0.2) is 73.4 Å². The van der Waals surface area contributed by atoms with Gasteiger partial charge in [-0.05, 0) is 42.8 Å². The molecule has 0 saturated heterocycles. The first-order chi connectivity index (χ1) is 14.9. The molecule has 2 aromatic rings. The Labute approximate surface area is 192 Å². The fourth-order valence-corrected chi connectivity index (χ4v) is 3.27. The Balaban J connectivity index is 2.09. The Morgan fingerprint density at radius 1 is 1.03 bits per heavy atom. The number of methoxy groups -OCH3 is 2. The summed E-state index contributed by atoms with van der Waals surface area (Å²) in [5.41, 5.74) is 1.67. The molecule has 170 valence electrons. The SMILES string of the molecule is COCCCN(CC(=O)N(CCOC)Cc1cccn1C)C(=O)Nc1ccc(Br)cc1. The molecule has 0 saturated carbocycles. The molecule has 8 nitrogen and oxygen atoms in total. The summed E-state index contributed by atoms with van der Waals surface area (Å²) in [4.78, 5) is 29.3. The van der Waals surface area contributed by atoms with Crippen LogP contribution in [0.2, 0.25) is 0 Å². The predicted octanol–water partition coefficient (Wildman–Crippen LogP) is 3.33. The molecule has 0 unspecified atom stereocenters. The lowest BCUT2D eigenvalue weighted by Crippen LogP contribution is -2.45. The Morgan fingerprint density at radius 3 is 2.35 bits per heavy atom. The van der Waals surface area contributed by atoms with Gasteiger partial charge < -0.3 is 29.2 Å². The standard InChI is InChI=1S/C22H31BrN4O4/c1-25-11-4-6-20(25)16-26(13-15-31-3)21(28)17-27(12-5-14-30-2)22(29)24-19-9-7-18(23)8-10-19/h4,6-11H,5,12-17H2,1-3H3,(H,24,29). The molecule has 1 heterocycles. The van der Waals surface area contributed by atoms with Crippen LogP contribution in [0, 0.1) is 0 Å². The lowest BCUT2D eigenvalue weighted by Gasteiger charge is -2.28. The fourth-order valence-electron chi connectivity index (χ4n) is 3.00.